The van der Waals surface area contributed by atoms with E-state index >= 15 is 0 Å². The molecule has 0 atom stereocenters. The number of rotatable bonds is 2. The van der Waals surface area contributed by atoms with Crippen molar-refractivity contribution in [2.75, 3.05) is 0 Å². The lowest BCUT2D eigenvalue weighted by Crippen LogP contribution is -2.04. The summed E-state index contributed by atoms with van der Waals surface area (Å²) < 4.78 is 37.4. The number of hydrogen-bond donors (Lipinski definition) is 0. The number of aryl methyl sites for hydroxylation is 1. The molecule has 0 spiro atoms. The van der Waals surface area contributed by atoms with Crippen molar-refractivity contribution in [3.8, 4) is 11.1 Å². The van der Waals surface area contributed by atoms with Crippen molar-refractivity contribution in [3.63, 3.8) is 0 Å². The SMILES string of the molecule is CCc1ccccc1-c1ccc(C(F)(F)F)cc1. The van der Waals surface area contributed by atoms with E-state index in [2.05, 4.69) is 0 Å². The molecule has 18 heavy (non-hydrogen) atoms. The fraction of sp³-hybridized carbons (Fsp3) is 0.200. The van der Waals surface area contributed by atoms with Crippen molar-refractivity contribution in [1.82, 2.24) is 0 Å². The number of alkyl halides is 3. The molecule has 0 aromatic heterocycles. The lowest BCUT2D eigenvalue weighted by molar-refractivity contribution is -0.137. The van der Waals surface area contributed by atoms with Gasteiger partial charge in [-0.05, 0) is 35.2 Å². The fourth-order valence-corrected chi connectivity index (χ4v) is 1.95. The Labute approximate surface area is 104 Å². The zero-order chi connectivity index (χ0) is 13.2. The van der Waals surface area contributed by atoms with Crippen LogP contribution in [0.2, 0.25) is 0 Å². The average Bonchev–Trinajstić information content (AvgIpc) is 2.38. The molecule has 0 radical (unpaired) electrons. The van der Waals surface area contributed by atoms with Crippen LogP contribution in [0.15, 0.2) is 48.5 Å². The largest absolute Gasteiger partial charge is 0.416 e. The molecule has 0 unspecified atom stereocenters. The van der Waals surface area contributed by atoms with Crippen molar-refractivity contribution >= 4 is 0 Å². The molecule has 0 nitrogen and oxygen atoms in total. The molecule has 2 aromatic carbocycles. The highest BCUT2D eigenvalue weighted by Gasteiger charge is 2.29. The maximum atomic E-state index is 12.5. The van der Waals surface area contributed by atoms with E-state index < -0.39 is 11.7 Å². The van der Waals surface area contributed by atoms with Gasteiger partial charge in [0.15, 0.2) is 0 Å². The highest BCUT2D eigenvalue weighted by atomic mass is 19.4. The number of benzene rings is 2. The van der Waals surface area contributed by atoms with E-state index in [1.807, 2.05) is 31.2 Å². The minimum atomic E-state index is -4.27. The van der Waals surface area contributed by atoms with Gasteiger partial charge < -0.3 is 0 Å². The van der Waals surface area contributed by atoms with E-state index in [4.69, 9.17) is 0 Å². The van der Waals surface area contributed by atoms with Crippen LogP contribution in [-0.2, 0) is 12.6 Å². The van der Waals surface area contributed by atoms with E-state index in [0.29, 0.717) is 0 Å². The molecular formula is C15H13F3. The first-order valence-corrected chi connectivity index (χ1v) is 5.78. The first kappa shape index (κ1) is 12.7. The zero-order valence-corrected chi connectivity index (χ0v) is 9.96. The van der Waals surface area contributed by atoms with Crippen molar-refractivity contribution in [2.24, 2.45) is 0 Å². The maximum Gasteiger partial charge on any atom is 0.416 e. The van der Waals surface area contributed by atoms with Crippen LogP contribution in [0.25, 0.3) is 11.1 Å². The van der Waals surface area contributed by atoms with Crippen molar-refractivity contribution in [1.29, 1.82) is 0 Å². The molecule has 2 rings (SSSR count). The van der Waals surface area contributed by atoms with Crippen LogP contribution in [-0.4, -0.2) is 0 Å². The Morgan fingerprint density at radius 3 is 2.06 bits per heavy atom. The molecule has 2 aromatic rings. The first-order valence-electron chi connectivity index (χ1n) is 5.78. The van der Waals surface area contributed by atoms with Gasteiger partial charge in [0, 0.05) is 0 Å². The quantitative estimate of drug-likeness (QED) is 0.708. The summed E-state index contributed by atoms with van der Waals surface area (Å²) in [7, 11) is 0. The third-order valence-corrected chi connectivity index (χ3v) is 2.92. The van der Waals surface area contributed by atoms with Crippen LogP contribution in [0.4, 0.5) is 13.2 Å². The van der Waals surface area contributed by atoms with Crippen LogP contribution >= 0.6 is 0 Å². The minimum absolute atomic E-state index is 0.611. The topological polar surface area (TPSA) is 0 Å². The lowest BCUT2D eigenvalue weighted by Gasteiger charge is -2.10. The number of halogens is 3. The van der Waals surface area contributed by atoms with Gasteiger partial charge in [-0.15, -0.1) is 0 Å². The second-order valence-corrected chi connectivity index (χ2v) is 4.09. The van der Waals surface area contributed by atoms with Crippen molar-refractivity contribution in [2.45, 2.75) is 19.5 Å². The molecule has 0 aliphatic rings. The molecular weight excluding hydrogens is 237 g/mol. The average molecular weight is 250 g/mol. The smallest absolute Gasteiger partial charge is 0.166 e. The van der Waals surface area contributed by atoms with Gasteiger partial charge in [-0.1, -0.05) is 43.3 Å². The van der Waals surface area contributed by atoms with Gasteiger partial charge in [0.1, 0.15) is 0 Å². The maximum absolute atomic E-state index is 12.5. The lowest BCUT2D eigenvalue weighted by atomic mass is 9.97. The van der Waals surface area contributed by atoms with Gasteiger partial charge in [0.05, 0.1) is 5.56 Å². The van der Waals surface area contributed by atoms with Gasteiger partial charge in [0.2, 0.25) is 0 Å². The van der Waals surface area contributed by atoms with Crippen LogP contribution in [0.1, 0.15) is 18.1 Å². The molecule has 0 amide bonds. The molecule has 0 saturated carbocycles. The van der Waals surface area contributed by atoms with Crippen LogP contribution in [0, 0.1) is 0 Å². The van der Waals surface area contributed by atoms with Crippen molar-refractivity contribution < 1.29 is 13.2 Å². The van der Waals surface area contributed by atoms with Crippen LogP contribution < -0.4 is 0 Å². The molecule has 0 aliphatic heterocycles. The summed E-state index contributed by atoms with van der Waals surface area (Å²) in [6, 6.07) is 13.1. The number of hydrogen-bond acceptors (Lipinski definition) is 0. The second-order valence-electron chi connectivity index (χ2n) is 4.09. The van der Waals surface area contributed by atoms with E-state index in [-0.39, 0.29) is 0 Å². The van der Waals surface area contributed by atoms with Gasteiger partial charge in [0.25, 0.3) is 0 Å². The Morgan fingerprint density at radius 2 is 1.50 bits per heavy atom. The Hall–Kier alpha value is -1.77. The highest BCUT2D eigenvalue weighted by molar-refractivity contribution is 5.67. The summed E-state index contributed by atoms with van der Waals surface area (Å²) in [6.45, 7) is 2.03. The third kappa shape index (κ3) is 2.55. The molecule has 0 aliphatic carbocycles. The van der Waals surface area contributed by atoms with Gasteiger partial charge >= 0.3 is 6.18 Å². The minimum Gasteiger partial charge on any atom is -0.166 e. The fourth-order valence-electron chi connectivity index (χ4n) is 1.95. The summed E-state index contributed by atoms with van der Waals surface area (Å²) in [6.07, 6.45) is -3.42. The molecule has 0 saturated heterocycles. The van der Waals surface area contributed by atoms with Gasteiger partial charge in [-0.2, -0.15) is 13.2 Å². The second kappa shape index (κ2) is 4.84. The Bertz CT molecular complexity index is 524. The summed E-state index contributed by atoms with van der Waals surface area (Å²) in [5, 5.41) is 0. The van der Waals surface area contributed by atoms with E-state index in [9.17, 15) is 13.2 Å². The molecule has 0 N–H and O–H groups in total. The van der Waals surface area contributed by atoms with E-state index in [0.717, 1.165) is 35.2 Å². The molecule has 0 fully saturated rings. The molecule has 3 heteroatoms. The first-order chi connectivity index (χ1) is 8.52. The standard InChI is InChI=1S/C15H13F3/c1-2-11-5-3-4-6-14(11)12-7-9-13(10-8-12)15(16,17)18/h3-10H,2H2,1H3. The van der Waals surface area contributed by atoms with Crippen LogP contribution in [0.3, 0.4) is 0 Å². The van der Waals surface area contributed by atoms with Gasteiger partial charge in [-0.3, -0.25) is 0 Å². The summed E-state index contributed by atoms with van der Waals surface area (Å²) >= 11 is 0. The van der Waals surface area contributed by atoms with Gasteiger partial charge in [-0.25, -0.2) is 0 Å². The predicted octanol–water partition coefficient (Wildman–Crippen LogP) is 4.93. The zero-order valence-electron chi connectivity index (χ0n) is 9.96. The summed E-state index contributed by atoms with van der Waals surface area (Å²) in [4.78, 5) is 0. The highest BCUT2D eigenvalue weighted by Crippen LogP contribution is 2.31. The monoisotopic (exact) mass is 250 g/mol. The Kier molecular flexibility index (Phi) is 3.41. The summed E-state index contributed by atoms with van der Waals surface area (Å²) in [5.74, 6) is 0. The van der Waals surface area contributed by atoms with Crippen LogP contribution in [0.5, 0.6) is 0 Å². The Balaban J connectivity index is 2.41. The molecule has 0 heterocycles. The normalized spacial score (nSPS) is 11.6. The predicted molar refractivity (Wildman–Crippen MR) is 66.3 cm³/mol. The molecule has 0 bridgehead atoms. The third-order valence-electron chi connectivity index (χ3n) is 2.92. The molecule has 94 valence electrons. The van der Waals surface area contributed by atoms with Crippen molar-refractivity contribution in [3.05, 3.63) is 59.7 Å². The summed E-state index contributed by atoms with van der Waals surface area (Å²) in [5.41, 5.74) is 2.34. The van der Waals surface area contributed by atoms with E-state index in [1.165, 1.54) is 12.1 Å². The van der Waals surface area contributed by atoms with E-state index in [1.54, 1.807) is 0 Å². The Morgan fingerprint density at radius 1 is 0.889 bits per heavy atom.